The molecule has 1 aliphatic carbocycles. The summed E-state index contributed by atoms with van der Waals surface area (Å²) >= 11 is 0. The highest BCUT2D eigenvalue weighted by atomic mass is 16.6. The van der Waals surface area contributed by atoms with Gasteiger partial charge in [-0.3, -0.25) is 4.98 Å². The molecule has 6 rings (SSSR count). The number of pyridine rings is 1. The first-order chi connectivity index (χ1) is 16.1. The van der Waals surface area contributed by atoms with Crippen LogP contribution in [0.1, 0.15) is 48.4 Å². The molecule has 1 amide bonds. The molecule has 2 aromatic carbocycles. The molecule has 2 atom stereocenters. The van der Waals surface area contributed by atoms with Crippen molar-refractivity contribution < 1.29 is 14.6 Å². The molecular weight excluding hydrogens is 412 g/mol. The standard InChI is InChI=1S/C28H28N2O3/c31-27(33-18-26-24-10-3-1-8-22(24)23-9-2-4-11-25(23)26)30-20-12-13-21(30)17-28(32,16-20)15-19-7-5-6-14-29-19/h1-11,14,20-21,26,32H,12-13,15-18H2. The van der Waals surface area contributed by atoms with Crippen LogP contribution < -0.4 is 0 Å². The van der Waals surface area contributed by atoms with Crippen molar-refractivity contribution in [3.8, 4) is 11.1 Å². The van der Waals surface area contributed by atoms with Crippen LogP contribution in [0, 0.1) is 0 Å². The minimum Gasteiger partial charge on any atom is -0.448 e. The molecule has 2 bridgehead atoms. The molecule has 2 saturated heterocycles. The number of fused-ring (bicyclic) bond motifs is 5. The number of carbonyl (C=O) groups is 1. The molecule has 2 aliphatic heterocycles. The molecule has 168 valence electrons. The van der Waals surface area contributed by atoms with Gasteiger partial charge in [-0.1, -0.05) is 54.6 Å². The summed E-state index contributed by atoms with van der Waals surface area (Å²) < 4.78 is 5.94. The largest absolute Gasteiger partial charge is 0.448 e. The Labute approximate surface area is 194 Å². The summed E-state index contributed by atoms with van der Waals surface area (Å²) in [5.41, 5.74) is 4.98. The second-order valence-corrected chi connectivity index (χ2v) is 9.73. The number of hydrogen-bond donors (Lipinski definition) is 1. The van der Waals surface area contributed by atoms with E-state index in [4.69, 9.17) is 4.74 Å². The molecule has 1 aromatic heterocycles. The zero-order valence-electron chi connectivity index (χ0n) is 18.6. The fraction of sp³-hybridized carbons (Fsp3) is 0.357. The Morgan fingerprint density at radius 2 is 1.55 bits per heavy atom. The van der Waals surface area contributed by atoms with Gasteiger partial charge in [-0.15, -0.1) is 0 Å². The lowest BCUT2D eigenvalue weighted by molar-refractivity contribution is -0.0484. The zero-order valence-corrected chi connectivity index (χ0v) is 18.6. The molecule has 0 spiro atoms. The lowest BCUT2D eigenvalue weighted by atomic mass is 9.82. The number of aromatic nitrogens is 1. The number of aliphatic hydroxyl groups is 1. The van der Waals surface area contributed by atoms with Crippen LogP contribution in [0.4, 0.5) is 4.79 Å². The van der Waals surface area contributed by atoms with E-state index < -0.39 is 5.60 Å². The minimum atomic E-state index is -0.819. The SMILES string of the molecule is O=C(OCC1c2ccccc2-c2ccccc21)N1C2CCC1CC(O)(Cc1ccccn1)C2. The van der Waals surface area contributed by atoms with Gasteiger partial charge < -0.3 is 14.7 Å². The molecule has 2 unspecified atom stereocenters. The molecule has 3 aliphatic rings. The van der Waals surface area contributed by atoms with E-state index in [0.29, 0.717) is 25.9 Å². The van der Waals surface area contributed by atoms with E-state index in [1.165, 1.54) is 22.3 Å². The maximum absolute atomic E-state index is 13.2. The first kappa shape index (κ1) is 20.4. The first-order valence-electron chi connectivity index (χ1n) is 11.9. The second kappa shape index (κ2) is 7.99. The van der Waals surface area contributed by atoms with Gasteiger partial charge in [0.1, 0.15) is 6.61 Å². The Morgan fingerprint density at radius 3 is 2.15 bits per heavy atom. The van der Waals surface area contributed by atoms with E-state index in [-0.39, 0.29) is 24.1 Å². The van der Waals surface area contributed by atoms with Crippen molar-refractivity contribution in [1.82, 2.24) is 9.88 Å². The number of benzene rings is 2. The van der Waals surface area contributed by atoms with E-state index in [1.807, 2.05) is 35.2 Å². The Hall–Kier alpha value is -3.18. The van der Waals surface area contributed by atoms with Crippen LogP contribution >= 0.6 is 0 Å². The van der Waals surface area contributed by atoms with Gasteiger partial charge in [0.05, 0.1) is 5.60 Å². The summed E-state index contributed by atoms with van der Waals surface area (Å²) in [6, 6.07) is 22.6. The summed E-state index contributed by atoms with van der Waals surface area (Å²) in [6.07, 6.45) is 5.02. The predicted octanol–water partition coefficient (Wildman–Crippen LogP) is 4.93. The summed E-state index contributed by atoms with van der Waals surface area (Å²) in [4.78, 5) is 19.5. The van der Waals surface area contributed by atoms with E-state index in [1.54, 1.807) is 6.20 Å². The van der Waals surface area contributed by atoms with Crippen LogP contribution in [0.3, 0.4) is 0 Å². The maximum Gasteiger partial charge on any atom is 0.410 e. The number of amides is 1. The van der Waals surface area contributed by atoms with Gasteiger partial charge in [-0.2, -0.15) is 0 Å². The summed E-state index contributed by atoms with van der Waals surface area (Å²) in [6.45, 7) is 0.334. The number of piperidine rings is 1. The summed E-state index contributed by atoms with van der Waals surface area (Å²) in [7, 11) is 0. The Morgan fingerprint density at radius 1 is 0.939 bits per heavy atom. The van der Waals surface area contributed by atoms with Crippen LogP contribution in [0.15, 0.2) is 72.9 Å². The molecule has 0 radical (unpaired) electrons. The molecule has 33 heavy (non-hydrogen) atoms. The van der Waals surface area contributed by atoms with E-state index in [9.17, 15) is 9.90 Å². The van der Waals surface area contributed by atoms with Gasteiger partial charge in [-0.25, -0.2) is 4.79 Å². The highest BCUT2D eigenvalue weighted by Gasteiger charge is 2.50. The molecule has 2 fully saturated rings. The van der Waals surface area contributed by atoms with Crippen molar-refractivity contribution in [2.45, 2.75) is 55.7 Å². The quantitative estimate of drug-likeness (QED) is 0.625. The van der Waals surface area contributed by atoms with E-state index >= 15 is 0 Å². The molecule has 5 nitrogen and oxygen atoms in total. The van der Waals surface area contributed by atoms with Crippen molar-refractivity contribution in [1.29, 1.82) is 0 Å². The van der Waals surface area contributed by atoms with Crippen molar-refractivity contribution in [3.05, 3.63) is 89.7 Å². The number of hydrogen-bond acceptors (Lipinski definition) is 4. The first-order valence-corrected chi connectivity index (χ1v) is 11.9. The maximum atomic E-state index is 13.2. The van der Waals surface area contributed by atoms with Crippen LogP contribution in [-0.2, 0) is 11.2 Å². The number of ether oxygens (including phenoxy) is 1. The fourth-order valence-corrected chi connectivity index (χ4v) is 6.27. The van der Waals surface area contributed by atoms with Crippen molar-refractivity contribution in [3.63, 3.8) is 0 Å². The van der Waals surface area contributed by atoms with Crippen molar-refractivity contribution >= 4 is 6.09 Å². The smallest absolute Gasteiger partial charge is 0.410 e. The Balaban J connectivity index is 1.15. The van der Waals surface area contributed by atoms with Crippen LogP contribution in [0.5, 0.6) is 0 Å². The topological polar surface area (TPSA) is 62.7 Å². The van der Waals surface area contributed by atoms with Gasteiger partial charge in [-0.05, 0) is 60.1 Å². The lowest BCUT2D eigenvalue weighted by Crippen LogP contribution is -2.54. The third-order valence-electron chi connectivity index (χ3n) is 7.63. The molecule has 1 N–H and O–H groups in total. The number of rotatable bonds is 4. The van der Waals surface area contributed by atoms with Crippen molar-refractivity contribution in [2.24, 2.45) is 0 Å². The van der Waals surface area contributed by atoms with Crippen LogP contribution in [0.25, 0.3) is 11.1 Å². The average molecular weight is 441 g/mol. The zero-order chi connectivity index (χ0) is 22.4. The van der Waals surface area contributed by atoms with Crippen LogP contribution in [0.2, 0.25) is 0 Å². The number of nitrogens with zero attached hydrogens (tertiary/aromatic N) is 2. The van der Waals surface area contributed by atoms with Gasteiger partial charge in [0.2, 0.25) is 0 Å². The van der Waals surface area contributed by atoms with Gasteiger partial charge in [0, 0.05) is 36.3 Å². The van der Waals surface area contributed by atoms with Gasteiger partial charge in [0.25, 0.3) is 0 Å². The molecule has 3 heterocycles. The third kappa shape index (κ3) is 3.61. The summed E-state index contributed by atoms with van der Waals surface area (Å²) in [5.74, 6) is 0.0601. The van der Waals surface area contributed by atoms with Gasteiger partial charge in [0.15, 0.2) is 0 Å². The highest BCUT2D eigenvalue weighted by molar-refractivity contribution is 5.79. The monoisotopic (exact) mass is 440 g/mol. The highest BCUT2D eigenvalue weighted by Crippen LogP contribution is 2.45. The Kier molecular flexibility index (Phi) is 4.95. The molecular formula is C28H28N2O3. The average Bonchev–Trinajstić information content (AvgIpc) is 3.30. The Bertz CT molecular complexity index is 1120. The van der Waals surface area contributed by atoms with E-state index in [2.05, 4.69) is 41.4 Å². The third-order valence-corrected chi connectivity index (χ3v) is 7.63. The van der Waals surface area contributed by atoms with Crippen LogP contribution in [-0.4, -0.2) is 45.4 Å². The molecule has 0 saturated carbocycles. The van der Waals surface area contributed by atoms with Gasteiger partial charge >= 0.3 is 6.09 Å². The second-order valence-electron chi connectivity index (χ2n) is 9.73. The number of carbonyl (C=O) groups excluding carboxylic acids is 1. The van der Waals surface area contributed by atoms with E-state index in [0.717, 1.165) is 18.5 Å². The minimum absolute atomic E-state index is 0.0214. The molecule has 5 heteroatoms. The predicted molar refractivity (Wildman–Crippen MR) is 126 cm³/mol. The fourth-order valence-electron chi connectivity index (χ4n) is 6.27. The molecule has 3 aromatic rings. The van der Waals surface area contributed by atoms with Crippen molar-refractivity contribution in [2.75, 3.05) is 6.61 Å². The summed E-state index contributed by atoms with van der Waals surface area (Å²) in [5, 5.41) is 11.3. The lowest BCUT2D eigenvalue weighted by Gasteiger charge is -2.43. The normalized spacial score (nSPS) is 25.5.